The Morgan fingerprint density at radius 3 is 2.42 bits per heavy atom. The minimum atomic E-state index is -1.20. The smallest absolute Gasteiger partial charge is 0.328 e. The molecule has 0 unspecified atom stereocenters. The molecule has 5 heteroatoms. The van der Waals surface area contributed by atoms with E-state index >= 15 is 0 Å². The van der Waals surface area contributed by atoms with Crippen LogP contribution in [0.1, 0.15) is 57.0 Å². The molecule has 0 saturated carbocycles. The van der Waals surface area contributed by atoms with Gasteiger partial charge < -0.3 is 14.9 Å². The number of carboxylic acids is 1. The van der Waals surface area contributed by atoms with Crippen LogP contribution in [0, 0.1) is 17.3 Å². The molecule has 0 saturated heterocycles. The summed E-state index contributed by atoms with van der Waals surface area (Å²) in [5, 5.41) is 20.2. The van der Waals surface area contributed by atoms with E-state index in [0.29, 0.717) is 17.6 Å². The normalized spacial score (nSPS) is 23.1. The largest absolute Gasteiger partial charge is 0.478 e. The standard InChI is InChI=1S/C26H30O5/c1-18(15-24(28)29)12-13-26(30)19(2)16-23(17-25(26,4)5)31-14-6-7-21-8-10-22(11-9-21)20(3)27/h8-13,15-16,23,30H,14,17H2,1-5H3,(H,28,29)/b13-12+,18-15-/t23-,26-/m1/s1. The van der Waals surface area contributed by atoms with Crippen molar-refractivity contribution in [3.8, 4) is 11.8 Å². The molecular formula is C26H30O5. The van der Waals surface area contributed by atoms with Gasteiger partial charge in [-0.1, -0.05) is 50.0 Å². The Morgan fingerprint density at radius 1 is 1.23 bits per heavy atom. The fourth-order valence-corrected chi connectivity index (χ4v) is 3.69. The van der Waals surface area contributed by atoms with Gasteiger partial charge in [-0.15, -0.1) is 0 Å². The van der Waals surface area contributed by atoms with Gasteiger partial charge in [-0.2, -0.15) is 0 Å². The number of carbonyl (C=O) groups is 2. The number of allylic oxidation sites excluding steroid dienone is 2. The third-order valence-electron chi connectivity index (χ3n) is 5.61. The number of carbonyl (C=O) groups excluding carboxylic acids is 1. The van der Waals surface area contributed by atoms with Crippen LogP contribution in [0.15, 0.2) is 59.7 Å². The molecule has 2 atom stereocenters. The van der Waals surface area contributed by atoms with Gasteiger partial charge in [0.25, 0.3) is 0 Å². The Balaban J connectivity index is 2.07. The first-order valence-electron chi connectivity index (χ1n) is 10.2. The summed E-state index contributed by atoms with van der Waals surface area (Å²) < 4.78 is 5.92. The minimum Gasteiger partial charge on any atom is -0.478 e. The maximum atomic E-state index is 11.3. The number of aliphatic carboxylic acids is 1. The summed E-state index contributed by atoms with van der Waals surface area (Å²) in [6.07, 6.45) is 6.70. The lowest BCUT2D eigenvalue weighted by Crippen LogP contribution is -2.49. The lowest BCUT2D eigenvalue weighted by Gasteiger charge is -2.46. The zero-order chi connectivity index (χ0) is 23.2. The zero-order valence-electron chi connectivity index (χ0n) is 18.7. The predicted molar refractivity (Wildman–Crippen MR) is 121 cm³/mol. The highest BCUT2D eigenvalue weighted by atomic mass is 16.5. The second-order valence-corrected chi connectivity index (χ2v) is 8.55. The van der Waals surface area contributed by atoms with Crippen LogP contribution in [0.5, 0.6) is 0 Å². The Hall–Kier alpha value is -2.94. The van der Waals surface area contributed by atoms with E-state index in [9.17, 15) is 14.7 Å². The number of benzene rings is 1. The first kappa shape index (κ1) is 24.3. The van der Waals surface area contributed by atoms with E-state index in [4.69, 9.17) is 9.84 Å². The SMILES string of the molecule is CC(=O)c1ccc(C#CCO[C@@H]2C=C(C)[C@](O)(/C=C/C(C)=C\C(=O)O)C(C)(C)C2)cc1. The molecule has 0 aromatic heterocycles. The van der Waals surface area contributed by atoms with Crippen LogP contribution < -0.4 is 0 Å². The van der Waals surface area contributed by atoms with E-state index < -0.39 is 17.0 Å². The maximum Gasteiger partial charge on any atom is 0.328 e. The van der Waals surface area contributed by atoms with Gasteiger partial charge in [-0.05, 0) is 56.5 Å². The third kappa shape index (κ3) is 6.27. The van der Waals surface area contributed by atoms with E-state index in [1.54, 1.807) is 31.2 Å². The molecule has 0 amide bonds. The summed E-state index contributed by atoms with van der Waals surface area (Å²) in [6, 6.07) is 7.13. The quantitative estimate of drug-likeness (QED) is 0.235. The van der Waals surface area contributed by atoms with Gasteiger partial charge in [0.05, 0.1) is 6.10 Å². The predicted octanol–water partition coefficient (Wildman–Crippen LogP) is 4.32. The number of aliphatic hydroxyl groups is 1. The van der Waals surface area contributed by atoms with Crippen molar-refractivity contribution in [2.45, 2.75) is 52.7 Å². The van der Waals surface area contributed by atoms with Crippen molar-refractivity contribution in [2.24, 2.45) is 5.41 Å². The molecule has 5 nitrogen and oxygen atoms in total. The molecule has 1 aromatic rings. The number of hydrogen-bond acceptors (Lipinski definition) is 4. The van der Waals surface area contributed by atoms with E-state index in [-0.39, 0.29) is 18.5 Å². The Kier molecular flexibility index (Phi) is 7.78. The fourth-order valence-electron chi connectivity index (χ4n) is 3.69. The van der Waals surface area contributed by atoms with Crippen LogP contribution in [0.2, 0.25) is 0 Å². The van der Waals surface area contributed by atoms with Crippen LogP contribution in [-0.2, 0) is 9.53 Å². The zero-order valence-corrected chi connectivity index (χ0v) is 18.7. The van der Waals surface area contributed by atoms with E-state index in [0.717, 1.165) is 17.2 Å². The fraction of sp³-hybridized carbons (Fsp3) is 0.385. The Bertz CT molecular complexity index is 983. The number of carboxylic acid groups (broad SMARTS) is 1. The van der Waals surface area contributed by atoms with Gasteiger partial charge in [0, 0.05) is 22.6 Å². The molecule has 0 spiro atoms. The van der Waals surface area contributed by atoms with Gasteiger partial charge in [-0.25, -0.2) is 4.79 Å². The first-order chi connectivity index (χ1) is 14.4. The second-order valence-electron chi connectivity index (χ2n) is 8.55. The Labute approximate surface area is 184 Å². The van der Waals surface area contributed by atoms with E-state index in [1.807, 2.05) is 39.0 Å². The van der Waals surface area contributed by atoms with E-state index in [2.05, 4.69) is 11.8 Å². The molecule has 2 N–H and O–H groups in total. The van der Waals surface area contributed by atoms with Gasteiger partial charge >= 0.3 is 5.97 Å². The number of ether oxygens (including phenoxy) is 1. The molecule has 1 aliphatic rings. The van der Waals surface area contributed by atoms with Crippen molar-refractivity contribution in [2.75, 3.05) is 6.61 Å². The molecule has 1 aliphatic carbocycles. The molecule has 0 aliphatic heterocycles. The number of hydrogen-bond donors (Lipinski definition) is 2. The second kappa shape index (κ2) is 9.91. The molecule has 2 rings (SSSR count). The summed E-state index contributed by atoms with van der Waals surface area (Å²) in [4.78, 5) is 22.1. The van der Waals surface area contributed by atoms with Crippen molar-refractivity contribution >= 4 is 11.8 Å². The summed E-state index contributed by atoms with van der Waals surface area (Å²) in [6.45, 7) is 9.22. The molecule has 0 bridgehead atoms. The van der Waals surface area contributed by atoms with Crippen molar-refractivity contribution in [1.29, 1.82) is 0 Å². The van der Waals surface area contributed by atoms with Gasteiger partial charge in [0.15, 0.2) is 5.78 Å². The molecule has 0 heterocycles. The number of ketones is 1. The highest BCUT2D eigenvalue weighted by Gasteiger charge is 2.47. The van der Waals surface area contributed by atoms with Gasteiger partial charge in [-0.3, -0.25) is 4.79 Å². The minimum absolute atomic E-state index is 0.0211. The molecule has 31 heavy (non-hydrogen) atoms. The van der Waals surface area contributed by atoms with Crippen LogP contribution in [0.4, 0.5) is 0 Å². The third-order valence-corrected chi connectivity index (χ3v) is 5.61. The van der Waals surface area contributed by atoms with Crippen LogP contribution in [-0.4, -0.2) is 40.3 Å². The molecule has 1 aromatic carbocycles. The van der Waals surface area contributed by atoms with Crippen LogP contribution in [0.3, 0.4) is 0 Å². The average Bonchev–Trinajstić information content (AvgIpc) is 2.67. The lowest BCUT2D eigenvalue weighted by molar-refractivity contribution is -0.131. The highest BCUT2D eigenvalue weighted by molar-refractivity contribution is 5.94. The van der Waals surface area contributed by atoms with Crippen molar-refractivity contribution in [1.82, 2.24) is 0 Å². The maximum absolute atomic E-state index is 11.3. The number of rotatable bonds is 6. The first-order valence-corrected chi connectivity index (χ1v) is 10.2. The summed E-state index contributed by atoms with van der Waals surface area (Å²) in [5.74, 6) is 5.02. The van der Waals surface area contributed by atoms with Crippen LogP contribution in [0.25, 0.3) is 0 Å². The molecular weight excluding hydrogens is 392 g/mol. The number of Topliss-reactive ketones (excluding diaryl/α,β-unsaturated/α-hetero) is 1. The summed E-state index contributed by atoms with van der Waals surface area (Å²) in [7, 11) is 0. The summed E-state index contributed by atoms with van der Waals surface area (Å²) in [5.41, 5.74) is 1.04. The Morgan fingerprint density at radius 2 is 1.87 bits per heavy atom. The molecule has 0 radical (unpaired) electrons. The van der Waals surface area contributed by atoms with Gasteiger partial charge in [0.2, 0.25) is 0 Å². The van der Waals surface area contributed by atoms with Crippen molar-refractivity contribution in [3.63, 3.8) is 0 Å². The van der Waals surface area contributed by atoms with Gasteiger partial charge in [0.1, 0.15) is 12.2 Å². The topological polar surface area (TPSA) is 83.8 Å². The average molecular weight is 423 g/mol. The highest BCUT2D eigenvalue weighted by Crippen LogP contribution is 2.46. The molecule has 164 valence electrons. The van der Waals surface area contributed by atoms with Crippen LogP contribution >= 0.6 is 0 Å². The monoisotopic (exact) mass is 422 g/mol. The summed E-state index contributed by atoms with van der Waals surface area (Å²) >= 11 is 0. The van der Waals surface area contributed by atoms with Crippen molar-refractivity contribution < 1.29 is 24.5 Å². The van der Waals surface area contributed by atoms with Crippen molar-refractivity contribution in [3.05, 3.63) is 70.8 Å². The van der Waals surface area contributed by atoms with E-state index in [1.165, 1.54) is 6.92 Å². The lowest BCUT2D eigenvalue weighted by atomic mass is 9.64. The molecule has 0 fully saturated rings.